The molecular formula is C22H23ClF2N4O2. The van der Waals surface area contributed by atoms with Crippen LogP contribution in [0.25, 0.3) is 10.9 Å². The first kappa shape index (κ1) is 20.4. The Kier molecular flexibility index (Phi) is 5.42. The third-order valence-corrected chi connectivity index (χ3v) is 6.90. The molecule has 6 nitrogen and oxygen atoms in total. The number of pyridine rings is 1. The lowest BCUT2D eigenvalue weighted by Crippen LogP contribution is -2.35. The van der Waals surface area contributed by atoms with Crippen LogP contribution in [0.3, 0.4) is 0 Å². The molecule has 3 aromatic rings. The van der Waals surface area contributed by atoms with Crippen LogP contribution in [0.2, 0.25) is 5.15 Å². The van der Waals surface area contributed by atoms with Crippen molar-refractivity contribution in [1.82, 2.24) is 15.0 Å². The number of halogens is 3. The summed E-state index contributed by atoms with van der Waals surface area (Å²) in [6, 6.07) is 3.64. The predicted octanol–water partition coefficient (Wildman–Crippen LogP) is 5.71. The lowest BCUT2D eigenvalue weighted by atomic mass is 9.69. The van der Waals surface area contributed by atoms with Crippen molar-refractivity contribution in [3.05, 3.63) is 41.3 Å². The van der Waals surface area contributed by atoms with Gasteiger partial charge in [-0.3, -0.25) is 0 Å². The van der Waals surface area contributed by atoms with Crippen molar-refractivity contribution in [2.75, 3.05) is 11.9 Å². The van der Waals surface area contributed by atoms with Gasteiger partial charge in [-0.25, -0.2) is 13.8 Å². The quantitative estimate of drug-likeness (QED) is 0.487. The molecule has 3 atom stereocenters. The molecule has 1 N–H and O–H groups in total. The first-order valence-electron chi connectivity index (χ1n) is 10.6. The molecule has 0 amide bonds. The number of furan rings is 1. The second-order valence-electron chi connectivity index (χ2n) is 8.54. The highest BCUT2D eigenvalue weighted by atomic mass is 35.5. The maximum Gasteiger partial charge on any atom is 0.319 e. The van der Waals surface area contributed by atoms with E-state index >= 15 is 0 Å². The smallest absolute Gasteiger partial charge is 0.319 e. The third kappa shape index (κ3) is 3.93. The maximum absolute atomic E-state index is 14.7. The van der Waals surface area contributed by atoms with Crippen molar-refractivity contribution in [3.8, 4) is 6.01 Å². The summed E-state index contributed by atoms with van der Waals surface area (Å²) >= 11 is 5.87. The van der Waals surface area contributed by atoms with Crippen LogP contribution in [-0.4, -0.2) is 27.7 Å². The van der Waals surface area contributed by atoms with E-state index in [9.17, 15) is 8.78 Å². The minimum Gasteiger partial charge on any atom is -0.467 e. The molecule has 0 spiro atoms. The summed E-state index contributed by atoms with van der Waals surface area (Å²) in [7, 11) is 0. The largest absolute Gasteiger partial charge is 0.467 e. The van der Waals surface area contributed by atoms with Crippen LogP contribution >= 0.6 is 11.6 Å². The molecular weight excluding hydrogens is 426 g/mol. The van der Waals surface area contributed by atoms with Gasteiger partial charge in [-0.2, -0.15) is 9.97 Å². The molecule has 0 bridgehead atoms. The number of rotatable bonds is 6. The van der Waals surface area contributed by atoms with Gasteiger partial charge >= 0.3 is 6.01 Å². The number of nitrogens with zero attached hydrogens (tertiary/aromatic N) is 3. The topological polar surface area (TPSA) is 73.1 Å². The van der Waals surface area contributed by atoms with E-state index in [4.69, 9.17) is 20.8 Å². The van der Waals surface area contributed by atoms with Gasteiger partial charge in [0.25, 0.3) is 0 Å². The number of aromatic nitrogens is 3. The summed E-state index contributed by atoms with van der Waals surface area (Å²) in [6.07, 6.45) is 7.44. The van der Waals surface area contributed by atoms with E-state index in [0.29, 0.717) is 48.9 Å². The van der Waals surface area contributed by atoms with Crippen LogP contribution in [0, 0.1) is 17.2 Å². The molecule has 5 rings (SSSR count). The Morgan fingerprint density at radius 2 is 2.23 bits per heavy atom. The molecule has 0 radical (unpaired) electrons. The zero-order chi connectivity index (χ0) is 21.4. The van der Waals surface area contributed by atoms with Gasteiger partial charge < -0.3 is 14.5 Å². The maximum atomic E-state index is 14.7. The van der Waals surface area contributed by atoms with Crippen LogP contribution in [0.1, 0.15) is 44.3 Å². The lowest BCUT2D eigenvalue weighted by Gasteiger charge is -2.38. The fourth-order valence-corrected chi connectivity index (χ4v) is 5.24. The molecule has 0 aliphatic heterocycles. The number of hydrogen-bond acceptors (Lipinski definition) is 6. The van der Waals surface area contributed by atoms with Gasteiger partial charge in [-0.05, 0) is 43.7 Å². The molecule has 3 heterocycles. The summed E-state index contributed by atoms with van der Waals surface area (Å²) < 4.78 is 40.3. The third-order valence-electron chi connectivity index (χ3n) is 6.63. The summed E-state index contributed by atoms with van der Waals surface area (Å²) in [6.45, 7) is 0.667. The number of ether oxygens (including phenoxy) is 1. The Bertz CT molecular complexity index is 1080. The zero-order valence-corrected chi connectivity index (χ0v) is 17.7. The second kappa shape index (κ2) is 8.22. The Balaban J connectivity index is 1.44. The fourth-order valence-electron chi connectivity index (χ4n) is 5.10. The van der Waals surface area contributed by atoms with Gasteiger partial charge in [0.2, 0.25) is 0 Å². The van der Waals surface area contributed by atoms with Gasteiger partial charge in [0.05, 0.1) is 24.8 Å². The van der Waals surface area contributed by atoms with Crippen molar-refractivity contribution in [1.29, 1.82) is 0 Å². The highest BCUT2D eigenvalue weighted by Gasteiger charge is 2.49. The van der Waals surface area contributed by atoms with Crippen LogP contribution < -0.4 is 10.1 Å². The van der Waals surface area contributed by atoms with Crippen LogP contribution in [-0.2, 0) is 6.54 Å². The minimum atomic E-state index is -0.794. The van der Waals surface area contributed by atoms with Crippen LogP contribution in [0.15, 0.2) is 29.0 Å². The summed E-state index contributed by atoms with van der Waals surface area (Å²) in [5.74, 6) is 0.641. The normalized spacial score (nSPS) is 25.5. The molecule has 1 unspecified atom stereocenters. The molecule has 0 saturated heterocycles. The summed E-state index contributed by atoms with van der Waals surface area (Å²) in [5, 5.41) is 3.25. The molecule has 2 aliphatic carbocycles. The van der Waals surface area contributed by atoms with E-state index in [2.05, 4.69) is 20.3 Å². The summed E-state index contributed by atoms with van der Waals surface area (Å²) in [4.78, 5) is 12.6. The Labute approximate surface area is 183 Å². The highest BCUT2D eigenvalue weighted by molar-refractivity contribution is 6.30. The number of nitrogens with one attached hydrogen (secondary N) is 1. The molecule has 0 aromatic carbocycles. The molecule has 164 valence electrons. The molecule has 2 saturated carbocycles. The van der Waals surface area contributed by atoms with E-state index in [1.54, 1.807) is 12.3 Å². The van der Waals surface area contributed by atoms with Gasteiger partial charge in [0.1, 0.15) is 23.3 Å². The summed E-state index contributed by atoms with van der Waals surface area (Å²) in [5.41, 5.74) is -0.175. The van der Waals surface area contributed by atoms with Crippen LogP contribution in [0.4, 0.5) is 14.6 Å². The van der Waals surface area contributed by atoms with Gasteiger partial charge in [-0.1, -0.05) is 24.4 Å². The SMILES string of the molecule is Fc1c(Cl)ncc2c(NCc3ccco3)nc(OC[C@@]34CCCCC3C[C@H](F)C4)nc12. The van der Waals surface area contributed by atoms with E-state index in [-0.39, 0.29) is 22.1 Å². The average molecular weight is 449 g/mol. The molecule has 9 heteroatoms. The Morgan fingerprint density at radius 3 is 3.06 bits per heavy atom. The fraction of sp³-hybridized carbons (Fsp3) is 0.500. The first-order chi connectivity index (χ1) is 15.0. The van der Waals surface area contributed by atoms with Gasteiger partial charge in [0.15, 0.2) is 11.0 Å². The predicted molar refractivity (Wildman–Crippen MR) is 112 cm³/mol. The molecule has 31 heavy (non-hydrogen) atoms. The second-order valence-corrected chi connectivity index (χ2v) is 8.90. The van der Waals surface area contributed by atoms with Crippen molar-refractivity contribution in [3.63, 3.8) is 0 Å². The Hall–Kier alpha value is -2.48. The van der Waals surface area contributed by atoms with E-state index in [1.807, 2.05) is 6.07 Å². The number of fused-ring (bicyclic) bond motifs is 2. The van der Waals surface area contributed by atoms with Crippen LogP contribution in [0.5, 0.6) is 6.01 Å². The van der Waals surface area contributed by atoms with Crippen molar-refractivity contribution in [2.24, 2.45) is 11.3 Å². The molecule has 3 aromatic heterocycles. The van der Waals surface area contributed by atoms with Gasteiger partial charge in [-0.15, -0.1) is 0 Å². The number of hydrogen-bond donors (Lipinski definition) is 1. The van der Waals surface area contributed by atoms with Crippen molar-refractivity contribution in [2.45, 2.75) is 51.2 Å². The van der Waals surface area contributed by atoms with E-state index in [0.717, 1.165) is 25.7 Å². The van der Waals surface area contributed by atoms with Crippen molar-refractivity contribution < 1.29 is 17.9 Å². The monoisotopic (exact) mass is 448 g/mol. The highest BCUT2D eigenvalue weighted by Crippen LogP contribution is 2.53. The van der Waals surface area contributed by atoms with Gasteiger partial charge in [0, 0.05) is 11.6 Å². The standard InChI is InChI=1S/C22H23ClF2N4O2/c23-19-17(25)18-16(11-26-19)20(27-10-15-5-3-7-30-15)29-21(28-18)31-12-22-6-2-1-4-13(22)8-14(24)9-22/h3,5,7,11,13-14H,1-2,4,6,8-10,12H2,(H,27,28,29)/t13?,14-,22-/m0/s1. The van der Waals surface area contributed by atoms with E-state index in [1.165, 1.54) is 6.20 Å². The number of alkyl halides is 1. The first-order valence-corrected chi connectivity index (χ1v) is 11.0. The zero-order valence-electron chi connectivity index (χ0n) is 16.9. The average Bonchev–Trinajstić information content (AvgIpc) is 3.40. The lowest BCUT2D eigenvalue weighted by molar-refractivity contribution is 0.0531. The molecule has 2 fully saturated rings. The Morgan fingerprint density at radius 1 is 1.32 bits per heavy atom. The molecule has 2 aliphatic rings. The minimum absolute atomic E-state index is 0.0272. The number of anilines is 1. The van der Waals surface area contributed by atoms with E-state index < -0.39 is 12.0 Å². The van der Waals surface area contributed by atoms with Crippen molar-refractivity contribution >= 4 is 28.3 Å².